The second-order valence-corrected chi connectivity index (χ2v) is 3.13. The van der Waals surface area contributed by atoms with Gasteiger partial charge in [-0.3, -0.25) is 0 Å². The Kier molecular flexibility index (Phi) is 6.06. The lowest BCUT2D eigenvalue weighted by Gasteiger charge is -2.16. The van der Waals surface area contributed by atoms with Crippen molar-refractivity contribution in [2.24, 2.45) is 5.73 Å². The van der Waals surface area contributed by atoms with E-state index in [9.17, 15) is 13.9 Å². The van der Waals surface area contributed by atoms with E-state index in [4.69, 9.17) is 10.5 Å². The number of hydrogen-bond donors (Lipinski definition) is 2. The summed E-state index contributed by atoms with van der Waals surface area (Å²) in [6, 6.07) is 3.59. The van der Waals surface area contributed by atoms with E-state index in [0.29, 0.717) is 5.75 Å². The van der Waals surface area contributed by atoms with E-state index in [1.807, 2.05) is 0 Å². The number of phenolic OH excluding ortho intramolecular Hbond substituents is 1. The predicted molar refractivity (Wildman–Crippen MR) is 59.5 cm³/mol. The second-order valence-electron chi connectivity index (χ2n) is 3.13. The molecular weight excluding hydrogens is 240 g/mol. The summed E-state index contributed by atoms with van der Waals surface area (Å²) in [6.07, 6.45) is -3.02. The SMILES string of the molecule is COc1cccc(O)c1[C@@H](N)CC(F)F.Cl. The smallest absolute Gasteiger partial charge is 0.240 e. The fourth-order valence-electron chi connectivity index (χ4n) is 1.39. The van der Waals surface area contributed by atoms with Crippen LogP contribution in [0.15, 0.2) is 18.2 Å². The van der Waals surface area contributed by atoms with E-state index >= 15 is 0 Å². The van der Waals surface area contributed by atoms with Gasteiger partial charge in [0, 0.05) is 12.5 Å². The molecule has 6 heteroatoms. The molecule has 1 atom stereocenters. The molecule has 3 N–H and O–H groups in total. The Morgan fingerprint density at radius 1 is 1.44 bits per heavy atom. The largest absolute Gasteiger partial charge is 0.507 e. The van der Waals surface area contributed by atoms with Crippen LogP contribution in [0.5, 0.6) is 11.5 Å². The van der Waals surface area contributed by atoms with Crippen LogP contribution < -0.4 is 10.5 Å². The van der Waals surface area contributed by atoms with Crippen molar-refractivity contribution < 1.29 is 18.6 Å². The first-order valence-electron chi connectivity index (χ1n) is 4.45. The number of phenols is 1. The van der Waals surface area contributed by atoms with Crippen molar-refractivity contribution in [3.8, 4) is 11.5 Å². The van der Waals surface area contributed by atoms with Crippen molar-refractivity contribution in [3.63, 3.8) is 0 Å². The fourth-order valence-corrected chi connectivity index (χ4v) is 1.39. The molecule has 92 valence electrons. The van der Waals surface area contributed by atoms with Crippen LogP contribution in [0.4, 0.5) is 8.78 Å². The van der Waals surface area contributed by atoms with Gasteiger partial charge >= 0.3 is 0 Å². The minimum Gasteiger partial charge on any atom is -0.507 e. The van der Waals surface area contributed by atoms with Gasteiger partial charge in [-0.15, -0.1) is 12.4 Å². The number of ether oxygens (including phenoxy) is 1. The van der Waals surface area contributed by atoms with E-state index in [2.05, 4.69) is 0 Å². The summed E-state index contributed by atoms with van der Waals surface area (Å²) in [7, 11) is 1.40. The Morgan fingerprint density at radius 2 is 2.06 bits per heavy atom. The number of aromatic hydroxyl groups is 1. The van der Waals surface area contributed by atoms with Crippen LogP contribution in [0.3, 0.4) is 0 Å². The van der Waals surface area contributed by atoms with Gasteiger partial charge < -0.3 is 15.6 Å². The van der Waals surface area contributed by atoms with Crippen LogP contribution in [-0.2, 0) is 0 Å². The minimum absolute atomic E-state index is 0. The maximum Gasteiger partial charge on any atom is 0.240 e. The van der Waals surface area contributed by atoms with E-state index in [1.54, 1.807) is 12.1 Å². The molecule has 1 aromatic rings. The molecule has 0 aromatic heterocycles. The fraction of sp³-hybridized carbons (Fsp3) is 0.400. The normalized spacial score (nSPS) is 12.1. The lowest BCUT2D eigenvalue weighted by molar-refractivity contribution is 0.127. The number of rotatable bonds is 4. The summed E-state index contributed by atoms with van der Waals surface area (Å²) >= 11 is 0. The van der Waals surface area contributed by atoms with Gasteiger partial charge in [-0.2, -0.15) is 0 Å². The molecule has 0 spiro atoms. The van der Waals surface area contributed by atoms with Crippen LogP contribution in [0.1, 0.15) is 18.0 Å². The van der Waals surface area contributed by atoms with Crippen LogP contribution in [0.25, 0.3) is 0 Å². The third kappa shape index (κ3) is 3.50. The van der Waals surface area contributed by atoms with Crippen LogP contribution in [0.2, 0.25) is 0 Å². The van der Waals surface area contributed by atoms with Gasteiger partial charge in [-0.1, -0.05) is 6.07 Å². The molecule has 0 saturated heterocycles. The molecule has 0 aliphatic carbocycles. The summed E-state index contributed by atoms with van der Waals surface area (Å²) in [5.74, 6) is 0.200. The molecule has 0 saturated carbocycles. The summed E-state index contributed by atoms with van der Waals surface area (Å²) in [5.41, 5.74) is 5.78. The van der Waals surface area contributed by atoms with E-state index in [1.165, 1.54) is 13.2 Å². The molecule has 0 amide bonds. The highest BCUT2D eigenvalue weighted by atomic mass is 35.5. The third-order valence-corrected chi connectivity index (χ3v) is 2.07. The van der Waals surface area contributed by atoms with Crippen molar-refractivity contribution in [1.82, 2.24) is 0 Å². The van der Waals surface area contributed by atoms with Gasteiger partial charge in [0.25, 0.3) is 0 Å². The molecule has 0 heterocycles. The van der Waals surface area contributed by atoms with Crippen molar-refractivity contribution >= 4 is 12.4 Å². The average molecular weight is 254 g/mol. The van der Waals surface area contributed by atoms with Crippen LogP contribution in [-0.4, -0.2) is 18.6 Å². The molecule has 0 aliphatic heterocycles. The van der Waals surface area contributed by atoms with E-state index in [0.717, 1.165) is 0 Å². The highest BCUT2D eigenvalue weighted by Crippen LogP contribution is 2.34. The Balaban J connectivity index is 0.00000225. The van der Waals surface area contributed by atoms with Gasteiger partial charge in [0.2, 0.25) is 6.43 Å². The van der Waals surface area contributed by atoms with Crippen molar-refractivity contribution in [2.45, 2.75) is 18.9 Å². The Bertz CT molecular complexity index is 337. The number of methoxy groups -OCH3 is 1. The van der Waals surface area contributed by atoms with E-state index < -0.39 is 18.9 Å². The Labute approximate surface area is 98.6 Å². The highest BCUT2D eigenvalue weighted by Gasteiger charge is 2.19. The minimum atomic E-state index is -2.51. The quantitative estimate of drug-likeness (QED) is 0.867. The first-order chi connectivity index (χ1) is 7.06. The summed E-state index contributed by atoms with van der Waals surface area (Å²) in [6.45, 7) is 0. The first-order valence-corrected chi connectivity index (χ1v) is 4.45. The zero-order chi connectivity index (χ0) is 11.4. The van der Waals surface area contributed by atoms with E-state index in [-0.39, 0.29) is 23.7 Å². The van der Waals surface area contributed by atoms with Crippen molar-refractivity contribution in [3.05, 3.63) is 23.8 Å². The third-order valence-electron chi connectivity index (χ3n) is 2.07. The first kappa shape index (κ1) is 14.9. The zero-order valence-corrected chi connectivity index (χ0v) is 9.51. The molecule has 1 aromatic carbocycles. The lowest BCUT2D eigenvalue weighted by Crippen LogP contribution is -2.15. The number of nitrogens with two attached hydrogens (primary N) is 1. The molecule has 1 rings (SSSR count). The van der Waals surface area contributed by atoms with Crippen molar-refractivity contribution in [1.29, 1.82) is 0 Å². The second kappa shape index (κ2) is 6.50. The van der Waals surface area contributed by atoms with Gasteiger partial charge in [-0.05, 0) is 12.1 Å². The standard InChI is InChI=1S/C10H13F2NO2.ClH/c1-15-8-4-2-3-7(14)10(8)6(13)5-9(11)12;/h2-4,6,9,14H,5,13H2,1H3;1H/t6-;/m0./s1. The molecule has 0 radical (unpaired) electrons. The summed E-state index contributed by atoms with van der Waals surface area (Å²) < 4.78 is 29.2. The van der Waals surface area contributed by atoms with Crippen LogP contribution in [0, 0.1) is 0 Å². The van der Waals surface area contributed by atoms with Crippen LogP contribution >= 0.6 is 12.4 Å². The molecular formula is C10H14ClF2NO2. The topological polar surface area (TPSA) is 55.5 Å². The molecule has 3 nitrogen and oxygen atoms in total. The summed E-state index contributed by atoms with van der Waals surface area (Å²) in [4.78, 5) is 0. The zero-order valence-electron chi connectivity index (χ0n) is 8.69. The number of alkyl halides is 2. The lowest BCUT2D eigenvalue weighted by atomic mass is 10.0. The molecule has 16 heavy (non-hydrogen) atoms. The number of halogens is 3. The molecule has 0 aliphatic rings. The predicted octanol–water partition coefficient (Wildman–Crippen LogP) is 2.48. The average Bonchev–Trinajstić information content (AvgIpc) is 2.15. The van der Waals surface area contributed by atoms with Gasteiger partial charge in [-0.25, -0.2) is 8.78 Å². The van der Waals surface area contributed by atoms with Crippen molar-refractivity contribution in [2.75, 3.05) is 7.11 Å². The Hall–Kier alpha value is -1.07. The van der Waals surface area contributed by atoms with Gasteiger partial charge in [0.15, 0.2) is 0 Å². The molecule has 0 fully saturated rings. The monoisotopic (exact) mass is 253 g/mol. The highest BCUT2D eigenvalue weighted by molar-refractivity contribution is 5.85. The van der Waals surface area contributed by atoms with Gasteiger partial charge in [0.1, 0.15) is 11.5 Å². The number of hydrogen-bond acceptors (Lipinski definition) is 3. The molecule has 0 bridgehead atoms. The maximum atomic E-state index is 12.1. The van der Waals surface area contributed by atoms with Gasteiger partial charge in [0.05, 0.1) is 12.7 Å². The maximum absolute atomic E-state index is 12.1. The molecule has 0 unspecified atom stereocenters. The summed E-state index contributed by atoms with van der Waals surface area (Å²) in [5, 5.41) is 9.50. The number of benzene rings is 1. The Morgan fingerprint density at radius 3 is 2.56 bits per heavy atom.